The molecule has 3 saturated heterocycles. The molecule has 0 aromatic rings. The van der Waals surface area contributed by atoms with Crippen molar-refractivity contribution in [2.24, 2.45) is 5.92 Å². The molecule has 0 aliphatic carbocycles. The Hall–Kier alpha value is -0.610. The zero-order valence-corrected chi connectivity index (χ0v) is 11.2. The van der Waals surface area contributed by atoms with Crippen LogP contribution in [0.1, 0.15) is 32.1 Å². The van der Waals surface area contributed by atoms with Gasteiger partial charge in [-0.15, -0.1) is 0 Å². The normalized spacial score (nSPS) is 30.4. The van der Waals surface area contributed by atoms with Gasteiger partial charge >= 0.3 is 0 Å². The summed E-state index contributed by atoms with van der Waals surface area (Å²) < 4.78 is 0. The van der Waals surface area contributed by atoms with Crippen molar-refractivity contribution in [2.45, 2.75) is 38.1 Å². The topological polar surface area (TPSA) is 35.6 Å². The van der Waals surface area contributed by atoms with Crippen molar-refractivity contribution in [3.05, 3.63) is 0 Å². The zero-order valence-electron chi connectivity index (χ0n) is 11.2. The molecular formula is C14H25N3O. The summed E-state index contributed by atoms with van der Waals surface area (Å²) in [6.07, 6.45) is 5.93. The van der Waals surface area contributed by atoms with E-state index in [9.17, 15) is 4.79 Å². The highest BCUT2D eigenvalue weighted by Crippen LogP contribution is 2.21. The molecule has 3 aliphatic heterocycles. The Morgan fingerprint density at radius 1 is 1.11 bits per heavy atom. The molecular weight excluding hydrogens is 226 g/mol. The van der Waals surface area contributed by atoms with Crippen LogP contribution < -0.4 is 5.32 Å². The summed E-state index contributed by atoms with van der Waals surface area (Å²) in [5.74, 6) is 0.995. The van der Waals surface area contributed by atoms with Gasteiger partial charge in [0.15, 0.2) is 0 Å². The number of nitrogens with zero attached hydrogens (tertiary/aromatic N) is 2. The van der Waals surface area contributed by atoms with Gasteiger partial charge in [0.05, 0.1) is 0 Å². The van der Waals surface area contributed by atoms with Crippen molar-refractivity contribution < 1.29 is 4.79 Å². The monoisotopic (exact) mass is 251 g/mol. The molecule has 4 heteroatoms. The highest BCUT2D eigenvalue weighted by Gasteiger charge is 2.30. The van der Waals surface area contributed by atoms with Crippen LogP contribution in [0.15, 0.2) is 0 Å². The quantitative estimate of drug-likeness (QED) is 0.801. The average Bonchev–Trinajstić information content (AvgIpc) is 2.87. The molecule has 0 aromatic heterocycles. The van der Waals surface area contributed by atoms with Gasteiger partial charge in [-0.1, -0.05) is 0 Å². The second-order valence-corrected chi connectivity index (χ2v) is 6.11. The maximum absolute atomic E-state index is 12.2. The van der Waals surface area contributed by atoms with E-state index >= 15 is 0 Å². The van der Waals surface area contributed by atoms with E-state index in [1.165, 1.54) is 38.8 Å². The fraction of sp³-hybridized carbons (Fsp3) is 0.929. The first kappa shape index (κ1) is 12.4. The lowest BCUT2D eigenvalue weighted by molar-refractivity contribution is -0.134. The number of carbonyl (C=O) groups is 1. The van der Waals surface area contributed by atoms with E-state index in [-0.39, 0.29) is 0 Å². The first-order chi connectivity index (χ1) is 8.83. The summed E-state index contributed by atoms with van der Waals surface area (Å²) in [6.45, 7) is 6.55. The Morgan fingerprint density at radius 2 is 1.89 bits per heavy atom. The SMILES string of the molecule is O=C(CC1CNC1)N1CCCC(N2CCCC2)C1. The molecule has 3 rings (SSSR count). The number of nitrogens with one attached hydrogen (secondary N) is 1. The Balaban J connectivity index is 1.50. The van der Waals surface area contributed by atoms with E-state index in [4.69, 9.17) is 0 Å². The van der Waals surface area contributed by atoms with Gasteiger partial charge in [0.1, 0.15) is 0 Å². The third kappa shape index (κ3) is 2.69. The van der Waals surface area contributed by atoms with Gasteiger partial charge < -0.3 is 10.2 Å². The van der Waals surface area contributed by atoms with Crippen molar-refractivity contribution in [3.8, 4) is 0 Å². The van der Waals surface area contributed by atoms with Crippen molar-refractivity contribution in [3.63, 3.8) is 0 Å². The fourth-order valence-electron chi connectivity index (χ4n) is 3.45. The Kier molecular flexibility index (Phi) is 3.85. The minimum atomic E-state index is 0.394. The first-order valence-corrected chi connectivity index (χ1v) is 7.55. The number of rotatable bonds is 3. The molecule has 102 valence electrons. The van der Waals surface area contributed by atoms with Crippen molar-refractivity contribution in [1.82, 2.24) is 15.1 Å². The number of carbonyl (C=O) groups excluding carboxylic acids is 1. The molecule has 3 heterocycles. The van der Waals surface area contributed by atoms with Gasteiger partial charge in [0.2, 0.25) is 5.91 Å². The molecule has 1 amide bonds. The first-order valence-electron chi connectivity index (χ1n) is 7.55. The largest absolute Gasteiger partial charge is 0.341 e. The highest BCUT2D eigenvalue weighted by atomic mass is 16.2. The van der Waals surface area contributed by atoms with E-state index in [0.717, 1.165) is 32.6 Å². The molecule has 3 fully saturated rings. The summed E-state index contributed by atoms with van der Waals surface area (Å²) in [6, 6.07) is 0.643. The minimum absolute atomic E-state index is 0.394. The number of amides is 1. The van der Waals surface area contributed by atoms with E-state index in [1.807, 2.05) is 0 Å². The molecule has 1 N–H and O–H groups in total. The molecule has 1 atom stereocenters. The van der Waals surface area contributed by atoms with Crippen LogP contribution in [0.25, 0.3) is 0 Å². The third-order valence-corrected chi connectivity index (χ3v) is 4.74. The molecule has 0 saturated carbocycles. The number of piperidine rings is 1. The van der Waals surface area contributed by atoms with Gasteiger partial charge in [-0.25, -0.2) is 0 Å². The molecule has 0 spiro atoms. The molecule has 1 unspecified atom stereocenters. The molecule has 0 aromatic carbocycles. The maximum Gasteiger partial charge on any atom is 0.222 e. The van der Waals surface area contributed by atoms with Crippen LogP contribution in [-0.4, -0.2) is 61.0 Å². The summed E-state index contributed by atoms with van der Waals surface area (Å²) in [7, 11) is 0. The van der Waals surface area contributed by atoms with Crippen LogP contribution >= 0.6 is 0 Å². The second kappa shape index (κ2) is 5.57. The molecule has 18 heavy (non-hydrogen) atoms. The number of hydrogen-bond acceptors (Lipinski definition) is 3. The number of likely N-dealkylation sites (tertiary alicyclic amines) is 2. The van der Waals surface area contributed by atoms with Crippen molar-refractivity contribution >= 4 is 5.91 Å². The second-order valence-electron chi connectivity index (χ2n) is 6.11. The average molecular weight is 251 g/mol. The van der Waals surface area contributed by atoms with Crippen LogP contribution in [0, 0.1) is 5.92 Å². The Labute approximate surface area is 110 Å². The highest BCUT2D eigenvalue weighted by molar-refractivity contribution is 5.76. The predicted molar refractivity (Wildman–Crippen MR) is 71.4 cm³/mol. The van der Waals surface area contributed by atoms with Gasteiger partial charge in [0, 0.05) is 25.6 Å². The Morgan fingerprint density at radius 3 is 2.56 bits per heavy atom. The third-order valence-electron chi connectivity index (χ3n) is 4.74. The lowest BCUT2D eigenvalue weighted by Gasteiger charge is -2.38. The van der Waals surface area contributed by atoms with E-state index in [2.05, 4.69) is 15.1 Å². The molecule has 0 radical (unpaired) electrons. The summed E-state index contributed by atoms with van der Waals surface area (Å²) in [5, 5.41) is 3.24. The van der Waals surface area contributed by atoms with E-state index < -0.39 is 0 Å². The van der Waals surface area contributed by atoms with E-state index in [0.29, 0.717) is 17.9 Å². The standard InChI is InChI=1S/C14H25N3O/c18-14(8-12-9-15-10-12)17-7-3-4-13(11-17)16-5-1-2-6-16/h12-13,15H,1-11H2. The predicted octanol–water partition coefficient (Wildman–Crippen LogP) is 0.683. The fourth-order valence-corrected chi connectivity index (χ4v) is 3.45. The van der Waals surface area contributed by atoms with Crippen LogP contribution in [0.2, 0.25) is 0 Å². The van der Waals surface area contributed by atoms with Gasteiger partial charge in [-0.05, 0) is 57.8 Å². The van der Waals surface area contributed by atoms with Crippen LogP contribution in [0.4, 0.5) is 0 Å². The van der Waals surface area contributed by atoms with Gasteiger partial charge in [-0.2, -0.15) is 0 Å². The molecule has 0 bridgehead atoms. The lowest BCUT2D eigenvalue weighted by Crippen LogP contribution is -2.51. The summed E-state index contributed by atoms with van der Waals surface area (Å²) in [5.41, 5.74) is 0. The number of hydrogen-bond donors (Lipinski definition) is 1. The maximum atomic E-state index is 12.2. The van der Waals surface area contributed by atoms with Crippen LogP contribution in [0.5, 0.6) is 0 Å². The molecule has 4 nitrogen and oxygen atoms in total. The van der Waals surface area contributed by atoms with Gasteiger partial charge in [-0.3, -0.25) is 9.69 Å². The van der Waals surface area contributed by atoms with Crippen molar-refractivity contribution in [1.29, 1.82) is 0 Å². The van der Waals surface area contributed by atoms with Crippen LogP contribution in [0.3, 0.4) is 0 Å². The van der Waals surface area contributed by atoms with Gasteiger partial charge in [0.25, 0.3) is 0 Å². The minimum Gasteiger partial charge on any atom is -0.341 e. The van der Waals surface area contributed by atoms with E-state index in [1.54, 1.807) is 0 Å². The zero-order chi connectivity index (χ0) is 12.4. The molecule has 3 aliphatic rings. The summed E-state index contributed by atoms with van der Waals surface area (Å²) in [4.78, 5) is 17.0. The van der Waals surface area contributed by atoms with Crippen LogP contribution in [-0.2, 0) is 4.79 Å². The smallest absolute Gasteiger partial charge is 0.222 e. The summed E-state index contributed by atoms with van der Waals surface area (Å²) >= 11 is 0. The lowest BCUT2D eigenvalue weighted by atomic mass is 9.97. The van der Waals surface area contributed by atoms with Crippen molar-refractivity contribution in [2.75, 3.05) is 39.3 Å². The Bertz CT molecular complexity index is 297.